The van der Waals surface area contributed by atoms with Gasteiger partial charge in [-0.3, -0.25) is 9.59 Å². The third-order valence-electron chi connectivity index (χ3n) is 3.29. The summed E-state index contributed by atoms with van der Waals surface area (Å²) < 4.78 is 5.16. The summed E-state index contributed by atoms with van der Waals surface area (Å²) in [6.45, 7) is 5.64. The molecule has 0 radical (unpaired) electrons. The standard InChI is InChI=1S/C16H21NO3S/c1-10-4-5-11(2)14(8-10)21-9-15(18)20-12(3)16(19)17-13-6-7-13/h4-5,8,12-13H,6-7,9H2,1-3H3,(H,17,19)/t12-/m1/s1. The first kappa shape index (κ1) is 15.9. The van der Waals surface area contributed by atoms with Gasteiger partial charge in [-0.2, -0.15) is 0 Å². The van der Waals surface area contributed by atoms with Crippen molar-refractivity contribution in [2.45, 2.75) is 50.7 Å². The van der Waals surface area contributed by atoms with Crippen molar-refractivity contribution in [3.63, 3.8) is 0 Å². The normalized spacial score (nSPS) is 15.4. The molecule has 0 bridgehead atoms. The molecule has 1 N–H and O–H groups in total. The lowest BCUT2D eigenvalue weighted by Gasteiger charge is -2.13. The molecular formula is C16H21NO3S. The molecule has 0 aliphatic heterocycles. The average Bonchev–Trinajstić information content (AvgIpc) is 3.23. The second kappa shape index (κ2) is 6.98. The maximum Gasteiger partial charge on any atom is 0.317 e. The lowest BCUT2D eigenvalue weighted by atomic mass is 10.2. The van der Waals surface area contributed by atoms with Crippen LogP contribution in [0.3, 0.4) is 0 Å². The van der Waals surface area contributed by atoms with Gasteiger partial charge in [-0.05, 0) is 45.2 Å². The number of carbonyl (C=O) groups is 2. The monoisotopic (exact) mass is 307 g/mol. The number of carbonyl (C=O) groups excluding carboxylic acids is 2. The lowest BCUT2D eigenvalue weighted by molar-refractivity contribution is -0.152. The summed E-state index contributed by atoms with van der Waals surface area (Å²) >= 11 is 1.44. The number of ether oxygens (including phenoxy) is 1. The van der Waals surface area contributed by atoms with Gasteiger partial charge in [0, 0.05) is 10.9 Å². The second-order valence-electron chi connectivity index (χ2n) is 5.47. The summed E-state index contributed by atoms with van der Waals surface area (Å²) in [5.74, 6) is -0.354. The van der Waals surface area contributed by atoms with Crippen molar-refractivity contribution in [3.05, 3.63) is 29.3 Å². The fourth-order valence-corrected chi connectivity index (χ4v) is 2.74. The zero-order chi connectivity index (χ0) is 15.4. The molecule has 1 atom stereocenters. The number of hydrogen-bond acceptors (Lipinski definition) is 4. The maximum atomic E-state index is 11.8. The zero-order valence-electron chi connectivity index (χ0n) is 12.6. The smallest absolute Gasteiger partial charge is 0.317 e. The quantitative estimate of drug-likeness (QED) is 0.648. The van der Waals surface area contributed by atoms with E-state index in [1.54, 1.807) is 6.92 Å². The van der Waals surface area contributed by atoms with Gasteiger partial charge in [0.2, 0.25) is 0 Å². The molecule has 1 fully saturated rings. The molecule has 114 valence electrons. The summed E-state index contributed by atoms with van der Waals surface area (Å²) in [7, 11) is 0. The molecule has 0 spiro atoms. The van der Waals surface area contributed by atoms with E-state index in [-0.39, 0.29) is 23.7 Å². The molecule has 2 rings (SSSR count). The molecule has 1 aliphatic carbocycles. The predicted octanol–water partition coefficient (Wildman–Crippen LogP) is 2.61. The molecule has 5 heteroatoms. The van der Waals surface area contributed by atoms with E-state index < -0.39 is 6.10 Å². The van der Waals surface area contributed by atoms with Crippen molar-refractivity contribution in [1.82, 2.24) is 5.32 Å². The lowest BCUT2D eigenvalue weighted by Crippen LogP contribution is -2.37. The Balaban J connectivity index is 1.78. The van der Waals surface area contributed by atoms with Gasteiger partial charge in [0.1, 0.15) is 0 Å². The molecule has 0 heterocycles. The van der Waals surface area contributed by atoms with Crippen LogP contribution in [-0.4, -0.2) is 29.8 Å². The van der Waals surface area contributed by atoms with Crippen LogP contribution < -0.4 is 5.32 Å². The van der Waals surface area contributed by atoms with Gasteiger partial charge in [0.25, 0.3) is 5.91 Å². The number of amides is 1. The highest BCUT2D eigenvalue weighted by Crippen LogP contribution is 2.23. The largest absolute Gasteiger partial charge is 0.452 e. The number of hydrogen-bond donors (Lipinski definition) is 1. The SMILES string of the molecule is Cc1ccc(C)c(SCC(=O)O[C@H](C)C(=O)NC2CC2)c1. The van der Waals surface area contributed by atoms with Gasteiger partial charge in [-0.25, -0.2) is 0 Å². The highest BCUT2D eigenvalue weighted by atomic mass is 32.2. The third kappa shape index (κ3) is 5.08. The summed E-state index contributed by atoms with van der Waals surface area (Å²) in [6, 6.07) is 6.41. The average molecular weight is 307 g/mol. The molecule has 1 amide bonds. The molecule has 0 unspecified atom stereocenters. The van der Waals surface area contributed by atoms with Crippen LogP contribution in [-0.2, 0) is 14.3 Å². The van der Waals surface area contributed by atoms with E-state index in [1.807, 2.05) is 26.0 Å². The zero-order valence-corrected chi connectivity index (χ0v) is 13.5. The van der Waals surface area contributed by atoms with Crippen LogP contribution in [0.2, 0.25) is 0 Å². The van der Waals surface area contributed by atoms with Gasteiger partial charge in [0.05, 0.1) is 5.75 Å². The Labute approximate surface area is 129 Å². The van der Waals surface area contributed by atoms with Crippen LogP contribution in [0.25, 0.3) is 0 Å². The number of rotatable bonds is 6. The summed E-state index contributed by atoms with van der Waals surface area (Å²) in [4.78, 5) is 24.6. The molecule has 0 saturated heterocycles. The minimum atomic E-state index is -0.725. The van der Waals surface area contributed by atoms with Crippen LogP contribution >= 0.6 is 11.8 Å². The molecule has 1 aromatic rings. The first-order chi connectivity index (χ1) is 9.95. The molecule has 4 nitrogen and oxygen atoms in total. The van der Waals surface area contributed by atoms with Gasteiger partial charge in [0.15, 0.2) is 6.10 Å². The Hall–Kier alpha value is -1.49. The van der Waals surface area contributed by atoms with Crippen LogP contribution in [0.15, 0.2) is 23.1 Å². The van der Waals surface area contributed by atoms with Crippen molar-refractivity contribution < 1.29 is 14.3 Å². The molecule has 0 aromatic heterocycles. The minimum absolute atomic E-state index is 0.206. The molecule has 1 saturated carbocycles. The summed E-state index contributed by atoms with van der Waals surface area (Å²) in [5.41, 5.74) is 2.30. The van der Waals surface area contributed by atoms with Crippen LogP contribution in [0.5, 0.6) is 0 Å². The molecule has 21 heavy (non-hydrogen) atoms. The Morgan fingerprint density at radius 3 is 2.76 bits per heavy atom. The van der Waals surface area contributed by atoms with E-state index in [4.69, 9.17) is 4.74 Å². The van der Waals surface area contributed by atoms with Crippen LogP contribution in [0.1, 0.15) is 30.9 Å². The fraction of sp³-hybridized carbons (Fsp3) is 0.500. The van der Waals surface area contributed by atoms with E-state index in [2.05, 4.69) is 11.4 Å². The fourth-order valence-electron chi connectivity index (χ4n) is 1.83. The Morgan fingerprint density at radius 1 is 1.38 bits per heavy atom. The minimum Gasteiger partial charge on any atom is -0.452 e. The van der Waals surface area contributed by atoms with Crippen molar-refractivity contribution in [1.29, 1.82) is 0 Å². The third-order valence-corrected chi connectivity index (χ3v) is 4.42. The first-order valence-corrected chi connectivity index (χ1v) is 8.14. The van der Waals surface area contributed by atoms with E-state index in [0.717, 1.165) is 28.9 Å². The molecule has 1 aliphatic rings. The maximum absolute atomic E-state index is 11.8. The van der Waals surface area contributed by atoms with Gasteiger partial charge >= 0.3 is 5.97 Å². The summed E-state index contributed by atoms with van der Waals surface area (Å²) in [5, 5.41) is 2.83. The van der Waals surface area contributed by atoms with Crippen molar-refractivity contribution in [2.24, 2.45) is 0 Å². The first-order valence-electron chi connectivity index (χ1n) is 7.15. The highest BCUT2D eigenvalue weighted by molar-refractivity contribution is 8.00. The number of nitrogens with one attached hydrogen (secondary N) is 1. The van der Waals surface area contributed by atoms with E-state index >= 15 is 0 Å². The number of thioether (sulfide) groups is 1. The van der Waals surface area contributed by atoms with Crippen LogP contribution in [0, 0.1) is 13.8 Å². The van der Waals surface area contributed by atoms with Gasteiger partial charge < -0.3 is 10.1 Å². The Kier molecular flexibility index (Phi) is 5.28. The topological polar surface area (TPSA) is 55.4 Å². The van der Waals surface area contributed by atoms with E-state index in [1.165, 1.54) is 11.8 Å². The highest BCUT2D eigenvalue weighted by Gasteiger charge is 2.27. The molecule has 1 aromatic carbocycles. The van der Waals surface area contributed by atoms with Crippen LogP contribution in [0.4, 0.5) is 0 Å². The number of aryl methyl sites for hydroxylation is 2. The number of esters is 1. The summed E-state index contributed by atoms with van der Waals surface area (Å²) in [6.07, 6.45) is 1.32. The van der Waals surface area contributed by atoms with Crippen molar-refractivity contribution >= 4 is 23.6 Å². The molecular weight excluding hydrogens is 286 g/mol. The Morgan fingerprint density at radius 2 is 2.10 bits per heavy atom. The predicted molar refractivity (Wildman–Crippen MR) is 83.4 cm³/mol. The van der Waals surface area contributed by atoms with E-state index in [0.29, 0.717) is 0 Å². The number of benzene rings is 1. The van der Waals surface area contributed by atoms with E-state index in [9.17, 15) is 9.59 Å². The van der Waals surface area contributed by atoms with Crippen molar-refractivity contribution in [2.75, 3.05) is 5.75 Å². The Bertz CT molecular complexity index is 540. The van der Waals surface area contributed by atoms with Gasteiger partial charge in [-0.15, -0.1) is 11.8 Å². The second-order valence-corrected chi connectivity index (χ2v) is 6.49. The van der Waals surface area contributed by atoms with Crippen molar-refractivity contribution in [3.8, 4) is 0 Å². The van der Waals surface area contributed by atoms with Gasteiger partial charge in [-0.1, -0.05) is 17.7 Å².